The maximum absolute atomic E-state index is 5.02. The molecule has 0 radical (unpaired) electrons. The summed E-state index contributed by atoms with van der Waals surface area (Å²) in [7, 11) is 0. The van der Waals surface area contributed by atoms with Gasteiger partial charge in [-0.1, -0.05) is 127 Å². The minimum Gasteiger partial charge on any atom is -0.344 e. The number of aromatic nitrogens is 3. The molecule has 10 aromatic rings. The first kappa shape index (κ1) is 27.8. The fourth-order valence-electron chi connectivity index (χ4n) is 7.27. The van der Waals surface area contributed by atoms with Gasteiger partial charge in [0.1, 0.15) is 5.82 Å². The Bertz CT molecular complexity index is 2820. The van der Waals surface area contributed by atoms with Crippen LogP contribution in [0.25, 0.3) is 92.6 Å². The zero-order valence-electron chi connectivity index (χ0n) is 26.5. The van der Waals surface area contributed by atoms with Gasteiger partial charge in [0.25, 0.3) is 0 Å². The number of hydrogen-bond donors (Lipinski definition) is 1. The molecule has 0 amide bonds. The molecule has 230 valence electrons. The predicted octanol–water partition coefficient (Wildman–Crippen LogP) is 12.5. The maximum Gasteiger partial charge on any atom is 0.138 e. The van der Waals surface area contributed by atoms with Crippen molar-refractivity contribution in [2.75, 3.05) is 0 Å². The van der Waals surface area contributed by atoms with Crippen molar-refractivity contribution in [2.45, 2.75) is 0 Å². The first-order valence-corrected chi connectivity index (χ1v) is 17.4. The summed E-state index contributed by atoms with van der Waals surface area (Å²) in [4.78, 5) is 8.47. The number of hydrogen-bond acceptors (Lipinski definition) is 2. The number of benzene rings is 7. The molecular weight excluding hydrogens is 615 g/mol. The molecule has 1 N–H and O–H groups in total. The van der Waals surface area contributed by atoms with E-state index in [0.717, 1.165) is 28.3 Å². The van der Waals surface area contributed by atoms with E-state index < -0.39 is 0 Å². The Hall–Kier alpha value is -6.23. The van der Waals surface area contributed by atoms with Crippen LogP contribution in [0.4, 0.5) is 0 Å². The SMILES string of the molecule is c1ccc(-c2ccc(-c3c[nH]c(-c4cccc(-n5c6ccccc6c6cc(-c7cccc8c7sc7ccccc78)ccc65)c4)n3)cc2)cc1. The van der Waals surface area contributed by atoms with E-state index in [1.54, 1.807) is 0 Å². The van der Waals surface area contributed by atoms with E-state index in [4.69, 9.17) is 4.98 Å². The molecule has 0 saturated carbocycles. The van der Waals surface area contributed by atoms with Crippen LogP contribution in [0, 0.1) is 0 Å². The van der Waals surface area contributed by atoms with Crippen LogP contribution in [0.2, 0.25) is 0 Å². The number of para-hydroxylation sites is 1. The van der Waals surface area contributed by atoms with Gasteiger partial charge >= 0.3 is 0 Å². The first-order valence-electron chi connectivity index (χ1n) is 16.5. The molecule has 0 aliphatic heterocycles. The average Bonchev–Trinajstić information content (AvgIpc) is 3.90. The number of imidazole rings is 1. The van der Waals surface area contributed by atoms with Crippen molar-refractivity contribution >= 4 is 53.3 Å². The molecule has 10 rings (SSSR count). The number of thiophene rings is 1. The van der Waals surface area contributed by atoms with Gasteiger partial charge in [0.15, 0.2) is 0 Å². The molecule has 0 aliphatic carbocycles. The Morgan fingerprint density at radius 2 is 1.14 bits per heavy atom. The van der Waals surface area contributed by atoms with Gasteiger partial charge in [-0.2, -0.15) is 0 Å². The highest BCUT2D eigenvalue weighted by Gasteiger charge is 2.16. The van der Waals surface area contributed by atoms with E-state index in [0.29, 0.717) is 0 Å². The summed E-state index contributed by atoms with van der Waals surface area (Å²) < 4.78 is 5.04. The summed E-state index contributed by atoms with van der Waals surface area (Å²) in [6, 6.07) is 58.8. The minimum absolute atomic E-state index is 0.850. The van der Waals surface area contributed by atoms with Gasteiger partial charge in [-0.25, -0.2) is 4.98 Å². The summed E-state index contributed by atoms with van der Waals surface area (Å²) >= 11 is 1.88. The van der Waals surface area contributed by atoms with Crippen molar-refractivity contribution in [1.82, 2.24) is 14.5 Å². The normalized spacial score (nSPS) is 11.7. The molecule has 0 spiro atoms. The third kappa shape index (κ3) is 4.61. The van der Waals surface area contributed by atoms with Crippen LogP contribution < -0.4 is 0 Å². The standard InChI is InChI=1S/C45H29N3S/c1-2-10-29(11-3-1)30-20-22-31(23-21-30)40-28-46-45(47-40)33-12-8-13-34(26-33)48-41-18-6-4-14-36(41)39-27-32(24-25-42(39)48)35-16-9-17-38-37-15-5-7-19-43(37)49-44(35)38/h1-28H,(H,46,47). The van der Waals surface area contributed by atoms with E-state index in [9.17, 15) is 0 Å². The van der Waals surface area contributed by atoms with Crippen molar-refractivity contribution in [2.24, 2.45) is 0 Å². The monoisotopic (exact) mass is 643 g/mol. The van der Waals surface area contributed by atoms with Crippen molar-refractivity contribution in [3.63, 3.8) is 0 Å². The third-order valence-electron chi connectivity index (χ3n) is 9.63. The Labute approximate surface area is 287 Å². The quantitative estimate of drug-likeness (QED) is 0.199. The van der Waals surface area contributed by atoms with Crippen molar-refractivity contribution in [3.05, 3.63) is 170 Å². The molecule has 0 bridgehead atoms. The summed E-state index contributed by atoms with van der Waals surface area (Å²) in [6.45, 7) is 0. The lowest BCUT2D eigenvalue weighted by Gasteiger charge is -2.10. The largest absolute Gasteiger partial charge is 0.344 e. The lowest BCUT2D eigenvalue weighted by atomic mass is 10.0. The molecule has 3 aromatic heterocycles. The third-order valence-corrected chi connectivity index (χ3v) is 10.9. The van der Waals surface area contributed by atoms with Crippen LogP contribution >= 0.6 is 11.3 Å². The topological polar surface area (TPSA) is 33.6 Å². The summed E-state index contributed by atoms with van der Waals surface area (Å²) in [5.41, 5.74) is 11.5. The van der Waals surface area contributed by atoms with Gasteiger partial charge in [-0.15, -0.1) is 11.3 Å². The van der Waals surface area contributed by atoms with Gasteiger partial charge in [-0.05, 0) is 58.7 Å². The van der Waals surface area contributed by atoms with E-state index in [-0.39, 0.29) is 0 Å². The van der Waals surface area contributed by atoms with Crippen molar-refractivity contribution in [3.8, 4) is 50.6 Å². The fraction of sp³-hybridized carbons (Fsp3) is 0. The number of H-pyrrole nitrogens is 1. The first-order chi connectivity index (χ1) is 24.3. The molecule has 7 aromatic carbocycles. The van der Waals surface area contributed by atoms with E-state index in [2.05, 4.69) is 167 Å². The van der Waals surface area contributed by atoms with Crippen LogP contribution in [-0.4, -0.2) is 14.5 Å². The van der Waals surface area contributed by atoms with Gasteiger partial charge in [0.05, 0.1) is 16.7 Å². The van der Waals surface area contributed by atoms with Gasteiger partial charge in [0, 0.05) is 54.0 Å². The average molecular weight is 644 g/mol. The number of aromatic amines is 1. The van der Waals surface area contributed by atoms with Crippen molar-refractivity contribution in [1.29, 1.82) is 0 Å². The number of fused-ring (bicyclic) bond motifs is 6. The van der Waals surface area contributed by atoms with Crippen molar-refractivity contribution < 1.29 is 0 Å². The summed E-state index contributed by atoms with van der Waals surface area (Å²) in [6.07, 6.45) is 2.00. The molecular formula is C45H29N3S. The molecule has 3 nitrogen and oxygen atoms in total. The Balaban J connectivity index is 1.04. The molecule has 3 heterocycles. The van der Waals surface area contributed by atoms with E-state index in [1.165, 1.54) is 64.2 Å². The Morgan fingerprint density at radius 1 is 0.469 bits per heavy atom. The van der Waals surface area contributed by atoms with E-state index in [1.807, 2.05) is 23.6 Å². The van der Waals surface area contributed by atoms with Gasteiger partial charge in [-0.3, -0.25) is 0 Å². The minimum atomic E-state index is 0.850. The number of nitrogens with one attached hydrogen (secondary N) is 1. The molecule has 4 heteroatoms. The van der Waals surface area contributed by atoms with Crippen LogP contribution in [0.1, 0.15) is 0 Å². The molecule has 49 heavy (non-hydrogen) atoms. The summed E-state index contributed by atoms with van der Waals surface area (Å²) in [5.74, 6) is 0.850. The van der Waals surface area contributed by atoms with Crippen LogP contribution in [-0.2, 0) is 0 Å². The molecule has 0 aliphatic rings. The van der Waals surface area contributed by atoms with Gasteiger partial charge < -0.3 is 9.55 Å². The van der Waals surface area contributed by atoms with Crippen LogP contribution in [0.5, 0.6) is 0 Å². The van der Waals surface area contributed by atoms with E-state index >= 15 is 0 Å². The van der Waals surface area contributed by atoms with Crippen LogP contribution in [0.3, 0.4) is 0 Å². The second kappa shape index (κ2) is 11.2. The number of nitrogens with zero attached hydrogens (tertiary/aromatic N) is 2. The zero-order chi connectivity index (χ0) is 32.3. The molecule has 0 fully saturated rings. The molecule has 0 saturated heterocycles. The maximum atomic E-state index is 5.02. The predicted molar refractivity (Wildman–Crippen MR) is 208 cm³/mol. The second-order valence-corrected chi connectivity index (χ2v) is 13.5. The Kier molecular flexibility index (Phi) is 6.36. The summed E-state index contributed by atoms with van der Waals surface area (Å²) in [5, 5.41) is 5.14. The van der Waals surface area contributed by atoms with Crippen LogP contribution in [0.15, 0.2) is 170 Å². The second-order valence-electron chi connectivity index (χ2n) is 12.5. The highest BCUT2D eigenvalue weighted by Crippen LogP contribution is 2.42. The number of rotatable bonds is 5. The molecule has 0 atom stereocenters. The highest BCUT2D eigenvalue weighted by molar-refractivity contribution is 7.26. The lowest BCUT2D eigenvalue weighted by Crippen LogP contribution is -1.94. The van der Waals surface area contributed by atoms with Gasteiger partial charge in [0.2, 0.25) is 0 Å². The smallest absolute Gasteiger partial charge is 0.138 e. The Morgan fingerprint density at radius 3 is 2.04 bits per heavy atom. The lowest BCUT2D eigenvalue weighted by molar-refractivity contribution is 1.18. The highest BCUT2D eigenvalue weighted by atomic mass is 32.1. The zero-order valence-corrected chi connectivity index (χ0v) is 27.3. The fourth-order valence-corrected chi connectivity index (χ4v) is 8.51. The molecule has 0 unspecified atom stereocenters.